The van der Waals surface area contributed by atoms with Gasteiger partial charge in [0.2, 0.25) is 0 Å². The number of hydrogen-bond donors (Lipinski definition) is 2. The number of rotatable bonds is 4. The van der Waals surface area contributed by atoms with Gasteiger partial charge < -0.3 is 5.11 Å². The van der Waals surface area contributed by atoms with Gasteiger partial charge in [-0.1, -0.05) is 27.7 Å². The van der Waals surface area contributed by atoms with Crippen LogP contribution in [-0.2, 0) is 4.79 Å². The van der Waals surface area contributed by atoms with Gasteiger partial charge in [-0.15, -0.1) is 5.10 Å². The van der Waals surface area contributed by atoms with Crippen LogP contribution in [0, 0.1) is 6.92 Å². The molecule has 0 spiro atoms. The van der Waals surface area contributed by atoms with Gasteiger partial charge in [-0.3, -0.25) is 4.79 Å². The quantitative estimate of drug-likeness (QED) is 0.826. The fraction of sp³-hybridized carbons (Fsp3) is 0.182. The highest BCUT2D eigenvalue weighted by atomic mass is 79.9. The average molecular weight is 344 g/mol. The lowest BCUT2D eigenvalue weighted by molar-refractivity contribution is -0.133. The number of carbonyl (C=O) groups is 1. The SMILES string of the molecule is Cc1cc(Br)cc(-n2c(SCC(=O)O)n[nH]c2=O)c1. The monoisotopic (exact) mass is 343 g/mol. The molecule has 1 aromatic heterocycles. The van der Waals surface area contributed by atoms with E-state index in [1.807, 2.05) is 19.1 Å². The van der Waals surface area contributed by atoms with Gasteiger partial charge in [0.1, 0.15) is 0 Å². The van der Waals surface area contributed by atoms with Crippen molar-refractivity contribution in [1.82, 2.24) is 14.8 Å². The molecule has 0 unspecified atom stereocenters. The molecule has 0 fully saturated rings. The molecule has 0 aliphatic heterocycles. The van der Waals surface area contributed by atoms with Gasteiger partial charge in [0.15, 0.2) is 5.16 Å². The predicted molar refractivity (Wildman–Crippen MR) is 75.0 cm³/mol. The van der Waals surface area contributed by atoms with Crippen LogP contribution in [0.15, 0.2) is 32.6 Å². The third-order valence-corrected chi connectivity index (χ3v) is 3.63. The maximum Gasteiger partial charge on any atom is 0.348 e. The van der Waals surface area contributed by atoms with E-state index in [-0.39, 0.29) is 5.75 Å². The first-order valence-corrected chi connectivity index (χ1v) is 7.05. The minimum absolute atomic E-state index is 0.155. The van der Waals surface area contributed by atoms with E-state index in [4.69, 9.17) is 5.11 Å². The lowest BCUT2D eigenvalue weighted by atomic mass is 10.2. The Morgan fingerprint density at radius 1 is 1.53 bits per heavy atom. The van der Waals surface area contributed by atoms with Crippen LogP contribution in [0.25, 0.3) is 5.69 Å². The van der Waals surface area contributed by atoms with Crippen LogP contribution in [0.3, 0.4) is 0 Å². The summed E-state index contributed by atoms with van der Waals surface area (Å²) < 4.78 is 2.19. The molecular formula is C11H10BrN3O3S. The summed E-state index contributed by atoms with van der Waals surface area (Å²) >= 11 is 4.35. The van der Waals surface area contributed by atoms with E-state index in [1.54, 1.807) is 6.07 Å². The van der Waals surface area contributed by atoms with Crippen molar-refractivity contribution in [3.05, 3.63) is 38.7 Å². The molecule has 6 nitrogen and oxygen atoms in total. The standard InChI is InChI=1S/C11H10BrN3O3S/c1-6-2-7(12)4-8(3-6)15-10(18)13-14-11(15)19-5-9(16)17/h2-4H,5H2,1H3,(H,13,18)(H,16,17). The maximum atomic E-state index is 11.8. The van der Waals surface area contributed by atoms with Crippen LogP contribution in [-0.4, -0.2) is 31.6 Å². The molecule has 0 amide bonds. The molecule has 8 heteroatoms. The number of carboxylic acid groups (broad SMARTS) is 1. The Bertz CT molecular complexity index is 660. The number of aromatic amines is 1. The lowest BCUT2D eigenvalue weighted by Crippen LogP contribution is -2.16. The minimum Gasteiger partial charge on any atom is -0.481 e. The van der Waals surface area contributed by atoms with Crippen LogP contribution in [0.4, 0.5) is 0 Å². The van der Waals surface area contributed by atoms with Crippen molar-refractivity contribution in [3.63, 3.8) is 0 Å². The van der Waals surface area contributed by atoms with E-state index in [9.17, 15) is 9.59 Å². The zero-order valence-corrected chi connectivity index (χ0v) is 12.3. The molecule has 2 aromatic rings. The van der Waals surface area contributed by atoms with Gasteiger partial charge in [-0.25, -0.2) is 14.5 Å². The van der Waals surface area contributed by atoms with E-state index in [1.165, 1.54) is 4.57 Å². The summed E-state index contributed by atoms with van der Waals surface area (Å²) in [5.74, 6) is -1.12. The Morgan fingerprint density at radius 2 is 2.26 bits per heavy atom. The normalized spacial score (nSPS) is 10.6. The molecule has 2 rings (SSSR count). The van der Waals surface area contributed by atoms with Crippen LogP contribution in [0.1, 0.15) is 5.56 Å². The topological polar surface area (TPSA) is 88.0 Å². The number of aliphatic carboxylic acids is 1. The molecule has 0 aliphatic rings. The molecule has 0 aliphatic carbocycles. The lowest BCUT2D eigenvalue weighted by Gasteiger charge is -2.06. The van der Waals surface area contributed by atoms with Crippen molar-refractivity contribution in [2.75, 3.05) is 5.75 Å². The number of carboxylic acids is 1. The summed E-state index contributed by atoms with van der Waals surface area (Å²) in [5, 5.41) is 15.2. The fourth-order valence-corrected chi connectivity index (χ4v) is 2.86. The summed E-state index contributed by atoms with van der Waals surface area (Å²) in [7, 11) is 0. The molecule has 1 heterocycles. The molecular weight excluding hydrogens is 334 g/mol. The smallest absolute Gasteiger partial charge is 0.348 e. The van der Waals surface area contributed by atoms with Crippen LogP contribution < -0.4 is 5.69 Å². The van der Waals surface area contributed by atoms with Crippen LogP contribution in [0.5, 0.6) is 0 Å². The highest BCUT2D eigenvalue weighted by Crippen LogP contribution is 2.21. The Morgan fingerprint density at radius 3 is 2.89 bits per heavy atom. The zero-order valence-electron chi connectivity index (χ0n) is 9.88. The second kappa shape index (κ2) is 5.62. The predicted octanol–water partition coefficient (Wildman–Crippen LogP) is 1.81. The summed E-state index contributed by atoms with van der Waals surface area (Å²) in [6.07, 6.45) is 0. The second-order valence-corrected chi connectivity index (χ2v) is 5.67. The zero-order chi connectivity index (χ0) is 14.0. The van der Waals surface area contributed by atoms with Crippen molar-refractivity contribution in [2.45, 2.75) is 12.1 Å². The first kappa shape index (κ1) is 13.9. The van der Waals surface area contributed by atoms with Gasteiger partial charge in [-0.05, 0) is 30.7 Å². The number of nitrogens with one attached hydrogen (secondary N) is 1. The second-order valence-electron chi connectivity index (χ2n) is 3.82. The number of H-pyrrole nitrogens is 1. The number of thioether (sulfide) groups is 1. The maximum absolute atomic E-state index is 11.8. The van der Waals surface area contributed by atoms with Crippen molar-refractivity contribution in [1.29, 1.82) is 0 Å². The number of halogens is 1. The minimum atomic E-state index is -0.961. The summed E-state index contributed by atoms with van der Waals surface area (Å²) in [4.78, 5) is 22.4. The summed E-state index contributed by atoms with van der Waals surface area (Å²) in [6, 6.07) is 5.51. The van der Waals surface area contributed by atoms with E-state index in [0.29, 0.717) is 10.8 Å². The Hall–Kier alpha value is -1.54. The van der Waals surface area contributed by atoms with E-state index in [2.05, 4.69) is 26.1 Å². The van der Waals surface area contributed by atoms with E-state index >= 15 is 0 Å². The molecule has 0 saturated carbocycles. The van der Waals surface area contributed by atoms with Crippen molar-refractivity contribution >= 4 is 33.7 Å². The number of aryl methyl sites for hydroxylation is 1. The first-order chi connectivity index (χ1) is 8.97. The van der Waals surface area contributed by atoms with Gasteiger partial charge in [0, 0.05) is 4.47 Å². The number of benzene rings is 1. The third-order valence-electron chi connectivity index (χ3n) is 2.25. The number of aromatic nitrogens is 3. The average Bonchev–Trinajstić information content (AvgIpc) is 2.66. The first-order valence-electron chi connectivity index (χ1n) is 5.27. The molecule has 0 bridgehead atoms. The number of hydrogen-bond acceptors (Lipinski definition) is 4. The van der Waals surface area contributed by atoms with Crippen molar-refractivity contribution < 1.29 is 9.90 Å². The molecule has 19 heavy (non-hydrogen) atoms. The highest BCUT2D eigenvalue weighted by molar-refractivity contribution is 9.10. The summed E-state index contributed by atoms with van der Waals surface area (Å²) in [6.45, 7) is 1.91. The van der Waals surface area contributed by atoms with Crippen LogP contribution >= 0.6 is 27.7 Å². The molecule has 0 radical (unpaired) electrons. The van der Waals surface area contributed by atoms with Gasteiger partial charge in [0.25, 0.3) is 0 Å². The fourth-order valence-electron chi connectivity index (χ4n) is 1.58. The van der Waals surface area contributed by atoms with Gasteiger partial charge >= 0.3 is 11.7 Å². The van der Waals surface area contributed by atoms with Gasteiger partial charge in [0.05, 0.1) is 11.4 Å². The summed E-state index contributed by atoms with van der Waals surface area (Å²) in [5.41, 5.74) is 1.22. The Labute approximate surface area is 121 Å². The molecule has 100 valence electrons. The molecule has 0 saturated heterocycles. The van der Waals surface area contributed by atoms with Crippen molar-refractivity contribution in [2.24, 2.45) is 0 Å². The van der Waals surface area contributed by atoms with Crippen LogP contribution in [0.2, 0.25) is 0 Å². The van der Waals surface area contributed by atoms with Crippen molar-refractivity contribution in [3.8, 4) is 5.69 Å². The van der Waals surface area contributed by atoms with Gasteiger partial charge in [-0.2, -0.15) is 0 Å². The Kier molecular flexibility index (Phi) is 4.11. The number of nitrogens with zero attached hydrogens (tertiary/aromatic N) is 2. The Balaban J connectivity index is 2.46. The third kappa shape index (κ3) is 3.27. The molecule has 1 aromatic carbocycles. The molecule has 0 atom stereocenters. The largest absolute Gasteiger partial charge is 0.481 e. The highest BCUT2D eigenvalue weighted by Gasteiger charge is 2.13. The van der Waals surface area contributed by atoms with E-state index in [0.717, 1.165) is 21.8 Å². The molecule has 2 N–H and O–H groups in total. The van der Waals surface area contributed by atoms with E-state index < -0.39 is 11.7 Å².